The second-order valence-electron chi connectivity index (χ2n) is 1.82. The lowest BCUT2D eigenvalue weighted by molar-refractivity contribution is 0.0327. The SMILES string of the molecule is CCCNOCCCO. The summed E-state index contributed by atoms with van der Waals surface area (Å²) in [6.45, 7) is 3.75. The van der Waals surface area contributed by atoms with E-state index >= 15 is 0 Å². The fourth-order valence-corrected chi connectivity index (χ4v) is 0.383. The molecule has 3 heteroatoms. The summed E-state index contributed by atoms with van der Waals surface area (Å²) in [6.07, 6.45) is 1.77. The Morgan fingerprint density at radius 3 is 2.89 bits per heavy atom. The molecule has 0 radical (unpaired) electrons. The highest BCUT2D eigenvalue weighted by Crippen LogP contribution is 1.76. The second kappa shape index (κ2) is 7.88. The van der Waals surface area contributed by atoms with Gasteiger partial charge in [-0.05, 0) is 12.8 Å². The van der Waals surface area contributed by atoms with E-state index in [9.17, 15) is 0 Å². The standard InChI is InChI=1S/C6H15NO2/c1-2-4-7-9-6-3-5-8/h7-8H,2-6H2,1H3. The highest BCUT2D eigenvalue weighted by molar-refractivity contribution is 4.30. The van der Waals surface area contributed by atoms with Crippen molar-refractivity contribution < 1.29 is 9.94 Å². The van der Waals surface area contributed by atoms with Crippen LogP contribution in [0.25, 0.3) is 0 Å². The van der Waals surface area contributed by atoms with Crippen LogP contribution in [-0.4, -0.2) is 24.9 Å². The Bertz CT molecular complexity index is 44.3. The van der Waals surface area contributed by atoms with Crippen molar-refractivity contribution in [2.24, 2.45) is 0 Å². The van der Waals surface area contributed by atoms with Crippen LogP contribution in [0.3, 0.4) is 0 Å². The molecule has 0 fully saturated rings. The minimum absolute atomic E-state index is 0.202. The van der Waals surface area contributed by atoms with Gasteiger partial charge in [0.2, 0.25) is 0 Å². The van der Waals surface area contributed by atoms with Gasteiger partial charge in [0.15, 0.2) is 0 Å². The van der Waals surface area contributed by atoms with E-state index in [2.05, 4.69) is 12.4 Å². The molecular formula is C6H15NO2. The molecule has 0 spiro atoms. The summed E-state index contributed by atoms with van der Waals surface area (Å²) < 4.78 is 0. The maximum absolute atomic E-state index is 8.32. The van der Waals surface area contributed by atoms with E-state index in [4.69, 9.17) is 9.94 Å². The van der Waals surface area contributed by atoms with Gasteiger partial charge in [0.05, 0.1) is 6.61 Å². The molecule has 3 nitrogen and oxygen atoms in total. The number of hydroxylamine groups is 1. The van der Waals surface area contributed by atoms with Crippen LogP contribution in [0.2, 0.25) is 0 Å². The van der Waals surface area contributed by atoms with Crippen molar-refractivity contribution in [3.63, 3.8) is 0 Å². The molecule has 0 aromatic rings. The maximum Gasteiger partial charge on any atom is 0.0704 e. The van der Waals surface area contributed by atoms with Gasteiger partial charge in [-0.2, -0.15) is 0 Å². The average Bonchev–Trinajstić information content (AvgIpc) is 1.89. The maximum atomic E-state index is 8.32. The Labute approximate surface area is 56.0 Å². The van der Waals surface area contributed by atoms with Gasteiger partial charge in [0.25, 0.3) is 0 Å². The van der Waals surface area contributed by atoms with Crippen LogP contribution in [0, 0.1) is 0 Å². The number of hydrogen-bond acceptors (Lipinski definition) is 3. The van der Waals surface area contributed by atoms with Crippen molar-refractivity contribution >= 4 is 0 Å². The molecular weight excluding hydrogens is 118 g/mol. The largest absolute Gasteiger partial charge is 0.396 e. The molecule has 0 aromatic carbocycles. The van der Waals surface area contributed by atoms with E-state index in [1.807, 2.05) is 0 Å². The minimum atomic E-state index is 0.202. The van der Waals surface area contributed by atoms with E-state index < -0.39 is 0 Å². The Morgan fingerprint density at radius 2 is 2.33 bits per heavy atom. The van der Waals surface area contributed by atoms with Crippen molar-refractivity contribution in [2.45, 2.75) is 19.8 Å². The van der Waals surface area contributed by atoms with Crippen LogP contribution >= 0.6 is 0 Å². The molecule has 0 aliphatic rings. The van der Waals surface area contributed by atoms with E-state index in [1.165, 1.54) is 0 Å². The zero-order valence-electron chi connectivity index (χ0n) is 5.89. The van der Waals surface area contributed by atoms with Crippen LogP contribution in [0.4, 0.5) is 0 Å². The van der Waals surface area contributed by atoms with E-state index in [-0.39, 0.29) is 6.61 Å². The molecule has 0 aromatic heterocycles. The fourth-order valence-electron chi connectivity index (χ4n) is 0.383. The zero-order chi connectivity index (χ0) is 6.95. The van der Waals surface area contributed by atoms with Gasteiger partial charge in [-0.25, -0.2) is 5.48 Å². The quantitative estimate of drug-likeness (QED) is 0.404. The summed E-state index contributed by atoms with van der Waals surface area (Å²) in [6, 6.07) is 0. The van der Waals surface area contributed by atoms with Gasteiger partial charge in [0, 0.05) is 13.2 Å². The molecule has 0 bridgehead atoms. The normalized spacial score (nSPS) is 10.0. The third kappa shape index (κ3) is 7.88. The lowest BCUT2D eigenvalue weighted by Crippen LogP contribution is -2.16. The predicted molar refractivity (Wildman–Crippen MR) is 35.9 cm³/mol. The minimum Gasteiger partial charge on any atom is -0.396 e. The van der Waals surface area contributed by atoms with Gasteiger partial charge in [-0.3, -0.25) is 0 Å². The molecule has 56 valence electrons. The Hall–Kier alpha value is -0.120. The summed E-state index contributed by atoms with van der Waals surface area (Å²) in [5, 5.41) is 8.32. The Morgan fingerprint density at radius 1 is 1.56 bits per heavy atom. The smallest absolute Gasteiger partial charge is 0.0704 e. The van der Waals surface area contributed by atoms with Gasteiger partial charge >= 0.3 is 0 Å². The molecule has 9 heavy (non-hydrogen) atoms. The molecule has 0 aliphatic heterocycles. The summed E-state index contributed by atoms with van der Waals surface area (Å²) in [7, 11) is 0. The molecule has 0 saturated heterocycles. The van der Waals surface area contributed by atoms with E-state index in [0.29, 0.717) is 13.0 Å². The predicted octanol–water partition coefficient (Wildman–Crippen LogP) is 0.300. The zero-order valence-corrected chi connectivity index (χ0v) is 5.89. The number of hydrogen-bond donors (Lipinski definition) is 2. The van der Waals surface area contributed by atoms with Gasteiger partial charge in [-0.15, -0.1) is 0 Å². The average molecular weight is 133 g/mol. The first-order valence-electron chi connectivity index (χ1n) is 3.37. The lowest BCUT2D eigenvalue weighted by atomic mass is 10.5. The third-order valence-electron chi connectivity index (χ3n) is 0.859. The first kappa shape index (κ1) is 8.88. The summed E-state index contributed by atoms with van der Waals surface area (Å²) in [5.74, 6) is 0. The molecule has 0 saturated carbocycles. The molecule has 0 unspecified atom stereocenters. The number of aliphatic hydroxyl groups excluding tert-OH is 1. The summed E-state index contributed by atoms with van der Waals surface area (Å²) >= 11 is 0. The number of aliphatic hydroxyl groups is 1. The highest BCUT2D eigenvalue weighted by Gasteiger charge is 1.83. The first-order valence-corrected chi connectivity index (χ1v) is 3.37. The van der Waals surface area contributed by atoms with Crippen LogP contribution < -0.4 is 5.48 Å². The van der Waals surface area contributed by atoms with Crippen molar-refractivity contribution in [1.29, 1.82) is 0 Å². The lowest BCUT2D eigenvalue weighted by Gasteiger charge is -2.01. The van der Waals surface area contributed by atoms with E-state index in [0.717, 1.165) is 13.0 Å². The monoisotopic (exact) mass is 133 g/mol. The molecule has 0 amide bonds. The molecule has 0 heterocycles. The van der Waals surface area contributed by atoms with Crippen molar-refractivity contribution in [2.75, 3.05) is 19.8 Å². The molecule has 2 N–H and O–H groups in total. The fraction of sp³-hybridized carbons (Fsp3) is 1.00. The van der Waals surface area contributed by atoms with Crippen LogP contribution in [0.1, 0.15) is 19.8 Å². The van der Waals surface area contributed by atoms with Crippen molar-refractivity contribution in [1.82, 2.24) is 5.48 Å². The first-order chi connectivity index (χ1) is 4.41. The number of nitrogens with one attached hydrogen (secondary N) is 1. The molecule has 0 atom stereocenters. The second-order valence-corrected chi connectivity index (χ2v) is 1.82. The Balaban J connectivity index is 2.60. The van der Waals surface area contributed by atoms with Crippen LogP contribution in [-0.2, 0) is 4.84 Å². The van der Waals surface area contributed by atoms with Crippen LogP contribution in [0.15, 0.2) is 0 Å². The van der Waals surface area contributed by atoms with Crippen molar-refractivity contribution in [3.05, 3.63) is 0 Å². The summed E-state index contributed by atoms with van der Waals surface area (Å²) in [5.41, 5.74) is 2.76. The van der Waals surface area contributed by atoms with Gasteiger partial charge in [0.1, 0.15) is 0 Å². The van der Waals surface area contributed by atoms with Gasteiger partial charge in [-0.1, -0.05) is 6.92 Å². The third-order valence-corrected chi connectivity index (χ3v) is 0.859. The van der Waals surface area contributed by atoms with E-state index in [1.54, 1.807) is 0 Å². The molecule has 0 aliphatic carbocycles. The van der Waals surface area contributed by atoms with Crippen molar-refractivity contribution in [3.8, 4) is 0 Å². The number of rotatable bonds is 6. The topological polar surface area (TPSA) is 41.5 Å². The molecule has 0 rings (SSSR count). The highest BCUT2D eigenvalue weighted by atomic mass is 16.6. The van der Waals surface area contributed by atoms with Crippen LogP contribution in [0.5, 0.6) is 0 Å². The summed E-state index contributed by atoms with van der Waals surface area (Å²) in [4.78, 5) is 4.90. The van der Waals surface area contributed by atoms with Gasteiger partial charge < -0.3 is 9.94 Å². The Kier molecular flexibility index (Phi) is 7.77.